The molecule has 0 aliphatic carbocycles. The van der Waals surface area contributed by atoms with Gasteiger partial charge in [0.1, 0.15) is 29.3 Å². The molecule has 3 heterocycles. The van der Waals surface area contributed by atoms with Crippen molar-refractivity contribution in [3.8, 4) is 0 Å². The molecule has 1 fully saturated rings. The Morgan fingerprint density at radius 1 is 1.37 bits per heavy atom. The van der Waals surface area contributed by atoms with Gasteiger partial charge < -0.3 is 19.5 Å². The zero-order valence-electron chi connectivity index (χ0n) is 9.86. The third kappa shape index (κ3) is 2.04. The summed E-state index contributed by atoms with van der Waals surface area (Å²) in [6, 6.07) is 0. The van der Waals surface area contributed by atoms with Gasteiger partial charge in [-0.3, -0.25) is 0 Å². The lowest BCUT2D eigenvalue weighted by atomic mass is 10.1. The van der Waals surface area contributed by atoms with E-state index < -0.39 is 24.5 Å². The molecule has 0 bridgehead atoms. The lowest BCUT2D eigenvalue weighted by Crippen LogP contribution is -2.30. The molecular weight excluding hydrogens is 384 g/mol. The monoisotopic (exact) mass is 395 g/mol. The van der Waals surface area contributed by atoms with E-state index in [2.05, 4.69) is 32.6 Å². The van der Waals surface area contributed by atoms with Crippen LogP contribution in [0.25, 0.3) is 11.0 Å². The number of halogens is 2. The van der Waals surface area contributed by atoms with Crippen LogP contribution in [0, 0.1) is 3.57 Å². The molecule has 102 valence electrons. The Hall–Kier alpha value is -0.480. The topological polar surface area (TPSA) is 80.4 Å². The van der Waals surface area contributed by atoms with Crippen LogP contribution in [0.4, 0.5) is 0 Å². The van der Waals surface area contributed by atoms with E-state index in [1.54, 1.807) is 17.7 Å². The van der Waals surface area contributed by atoms with Crippen molar-refractivity contribution in [1.82, 2.24) is 14.5 Å². The second kappa shape index (κ2) is 4.81. The van der Waals surface area contributed by atoms with Gasteiger partial charge in [0.05, 0.1) is 11.5 Å². The molecule has 4 atom stereocenters. The number of aromatic nitrogens is 3. The SMILES string of the molecule is C[C@@H]1O[C@@H](n2cc(I)c3c(Cl)ncnc32)[C@H](O)[C@@H]1O. The van der Waals surface area contributed by atoms with Crippen molar-refractivity contribution >= 4 is 45.2 Å². The zero-order valence-corrected chi connectivity index (χ0v) is 12.8. The molecule has 2 aromatic heterocycles. The Morgan fingerprint density at radius 2 is 2.11 bits per heavy atom. The Bertz CT molecular complexity index is 635. The van der Waals surface area contributed by atoms with E-state index in [0.29, 0.717) is 10.8 Å². The van der Waals surface area contributed by atoms with Gasteiger partial charge in [-0.25, -0.2) is 9.97 Å². The molecule has 8 heteroatoms. The van der Waals surface area contributed by atoms with Crippen molar-refractivity contribution in [2.24, 2.45) is 0 Å². The third-order valence-electron chi connectivity index (χ3n) is 3.27. The summed E-state index contributed by atoms with van der Waals surface area (Å²) in [7, 11) is 0. The first-order valence-corrected chi connectivity index (χ1v) is 7.14. The van der Waals surface area contributed by atoms with Crippen LogP contribution in [0.3, 0.4) is 0 Å². The Morgan fingerprint density at radius 3 is 2.74 bits per heavy atom. The fraction of sp³-hybridized carbons (Fsp3) is 0.455. The molecule has 0 spiro atoms. The number of ether oxygens (including phenoxy) is 1. The second-order valence-corrected chi connectivity index (χ2v) is 5.98. The van der Waals surface area contributed by atoms with Crippen LogP contribution in [0.2, 0.25) is 5.15 Å². The summed E-state index contributed by atoms with van der Waals surface area (Å²) in [4.78, 5) is 8.12. The van der Waals surface area contributed by atoms with E-state index in [1.807, 2.05) is 0 Å². The van der Waals surface area contributed by atoms with Crippen LogP contribution in [-0.2, 0) is 4.74 Å². The van der Waals surface area contributed by atoms with Crippen LogP contribution in [-0.4, -0.2) is 43.1 Å². The van der Waals surface area contributed by atoms with E-state index in [4.69, 9.17) is 16.3 Å². The zero-order chi connectivity index (χ0) is 13.7. The van der Waals surface area contributed by atoms with Crippen LogP contribution >= 0.6 is 34.2 Å². The number of aliphatic hydroxyl groups is 2. The highest BCUT2D eigenvalue weighted by molar-refractivity contribution is 14.1. The molecule has 1 saturated heterocycles. The molecule has 19 heavy (non-hydrogen) atoms. The molecule has 0 aromatic carbocycles. The van der Waals surface area contributed by atoms with Crippen molar-refractivity contribution in [1.29, 1.82) is 0 Å². The van der Waals surface area contributed by atoms with E-state index in [-0.39, 0.29) is 0 Å². The molecular formula is C11H11ClIN3O3. The van der Waals surface area contributed by atoms with Gasteiger partial charge in [0.2, 0.25) is 0 Å². The van der Waals surface area contributed by atoms with Gasteiger partial charge in [-0.2, -0.15) is 0 Å². The minimum atomic E-state index is -1.00. The molecule has 2 N–H and O–H groups in total. The Kier molecular flexibility index (Phi) is 3.42. The Balaban J connectivity index is 2.14. The summed E-state index contributed by atoms with van der Waals surface area (Å²) >= 11 is 8.18. The van der Waals surface area contributed by atoms with E-state index in [0.717, 1.165) is 8.96 Å². The maximum Gasteiger partial charge on any atom is 0.164 e. The number of rotatable bonds is 1. The lowest BCUT2D eigenvalue weighted by Gasteiger charge is -2.17. The van der Waals surface area contributed by atoms with Gasteiger partial charge in [-0.15, -0.1) is 0 Å². The van der Waals surface area contributed by atoms with Crippen LogP contribution in [0.1, 0.15) is 13.2 Å². The molecule has 1 aliphatic heterocycles. The number of hydrogen-bond acceptors (Lipinski definition) is 5. The standard InChI is InChI=1S/C11H11ClIN3O3/c1-4-7(17)8(18)11(19-4)16-2-5(13)6-9(12)14-3-15-10(6)16/h2-4,7-8,11,17-18H,1H3/t4-,7+,8+,11+/m0/s1. The van der Waals surface area contributed by atoms with Crippen LogP contribution in [0.15, 0.2) is 12.5 Å². The molecule has 1 aliphatic rings. The normalized spacial score (nSPS) is 31.2. The van der Waals surface area contributed by atoms with Gasteiger partial charge in [0.15, 0.2) is 6.23 Å². The largest absolute Gasteiger partial charge is 0.388 e. The van der Waals surface area contributed by atoms with Crippen molar-refractivity contribution in [3.63, 3.8) is 0 Å². The van der Waals surface area contributed by atoms with Crippen molar-refractivity contribution in [3.05, 3.63) is 21.2 Å². The molecule has 0 radical (unpaired) electrons. The minimum absolute atomic E-state index is 0.356. The first-order valence-electron chi connectivity index (χ1n) is 5.69. The Labute approximate surface area is 127 Å². The molecule has 3 rings (SSSR count). The van der Waals surface area contributed by atoms with Crippen molar-refractivity contribution in [2.45, 2.75) is 31.5 Å². The number of nitrogens with zero attached hydrogens (tertiary/aromatic N) is 3. The second-order valence-electron chi connectivity index (χ2n) is 4.46. The first kappa shape index (κ1) is 13.5. The van der Waals surface area contributed by atoms with Crippen LogP contribution in [0.5, 0.6) is 0 Å². The number of hydrogen-bond donors (Lipinski definition) is 2. The van der Waals surface area contributed by atoms with Gasteiger partial charge in [0, 0.05) is 9.77 Å². The average Bonchev–Trinajstić information content (AvgIpc) is 2.83. The van der Waals surface area contributed by atoms with Crippen LogP contribution < -0.4 is 0 Å². The van der Waals surface area contributed by atoms with Crippen molar-refractivity contribution < 1.29 is 14.9 Å². The molecule has 6 nitrogen and oxygen atoms in total. The molecule has 0 unspecified atom stereocenters. The highest BCUT2D eigenvalue weighted by Gasteiger charge is 2.42. The third-order valence-corrected chi connectivity index (χ3v) is 4.37. The molecule has 0 saturated carbocycles. The van der Waals surface area contributed by atoms with Gasteiger partial charge in [0.25, 0.3) is 0 Å². The summed E-state index contributed by atoms with van der Waals surface area (Å²) in [5.41, 5.74) is 0.578. The predicted octanol–water partition coefficient (Wildman–Crippen LogP) is 1.33. The van der Waals surface area contributed by atoms with Gasteiger partial charge >= 0.3 is 0 Å². The maximum absolute atomic E-state index is 10.0. The molecule has 2 aromatic rings. The highest BCUT2D eigenvalue weighted by atomic mass is 127. The fourth-order valence-corrected chi connectivity index (χ4v) is 3.44. The summed E-state index contributed by atoms with van der Waals surface area (Å²) < 4.78 is 8.14. The summed E-state index contributed by atoms with van der Waals surface area (Å²) in [6.45, 7) is 1.71. The summed E-state index contributed by atoms with van der Waals surface area (Å²) in [6.07, 6.45) is 0.102. The predicted molar refractivity (Wildman–Crippen MR) is 76.9 cm³/mol. The lowest BCUT2D eigenvalue weighted by molar-refractivity contribution is -0.0297. The summed E-state index contributed by atoms with van der Waals surface area (Å²) in [5.74, 6) is 0. The smallest absolute Gasteiger partial charge is 0.164 e. The quantitative estimate of drug-likeness (QED) is 0.562. The maximum atomic E-state index is 10.0. The van der Waals surface area contributed by atoms with Gasteiger partial charge in [-0.1, -0.05) is 11.6 Å². The van der Waals surface area contributed by atoms with E-state index >= 15 is 0 Å². The molecule has 0 amide bonds. The number of aliphatic hydroxyl groups excluding tert-OH is 2. The fourth-order valence-electron chi connectivity index (χ4n) is 2.26. The van der Waals surface area contributed by atoms with E-state index in [1.165, 1.54) is 6.33 Å². The first-order chi connectivity index (χ1) is 9.00. The highest BCUT2D eigenvalue weighted by Crippen LogP contribution is 2.35. The minimum Gasteiger partial charge on any atom is -0.388 e. The van der Waals surface area contributed by atoms with E-state index in [9.17, 15) is 10.2 Å². The summed E-state index contributed by atoms with van der Waals surface area (Å²) in [5, 5.41) is 20.9. The van der Waals surface area contributed by atoms with Crippen molar-refractivity contribution in [2.75, 3.05) is 0 Å². The van der Waals surface area contributed by atoms with Gasteiger partial charge in [-0.05, 0) is 29.5 Å². The average molecular weight is 396 g/mol. The number of fused-ring (bicyclic) bond motifs is 1.